The fraction of sp³-hybridized carbons (Fsp3) is 0.417. The van der Waals surface area contributed by atoms with E-state index in [0.717, 1.165) is 0 Å². The van der Waals surface area contributed by atoms with Crippen molar-refractivity contribution in [3.05, 3.63) is 22.7 Å². The molecule has 3 N–H and O–H groups in total. The molecule has 8 heteroatoms. The number of hydrogen-bond donors (Lipinski definition) is 2. The molecule has 2 rings (SSSR count). The number of amides is 1. The Morgan fingerprint density at radius 2 is 2.20 bits per heavy atom. The van der Waals surface area contributed by atoms with Crippen LogP contribution in [0.1, 0.15) is 13.3 Å². The lowest BCUT2D eigenvalue weighted by atomic mass is 10.0. The van der Waals surface area contributed by atoms with Crippen molar-refractivity contribution in [3.63, 3.8) is 0 Å². The van der Waals surface area contributed by atoms with E-state index >= 15 is 0 Å². The second-order valence-electron chi connectivity index (χ2n) is 4.65. The number of nitrogens with one attached hydrogen (secondary N) is 1. The lowest BCUT2D eigenvalue weighted by molar-refractivity contribution is -0.121. The molecule has 2 unspecified atom stereocenters. The van der Waals surface area contributed by atoms with E-state index in [4.69, 9.17) is 9.88 Å². The summed E-state index contributed by atoms with van der Waals surface area (Å²) in [6.07, 6.45) is 0.575. The first-order chi connectivity index (χ1) is 9.29. The van der Waals surface area contributed by atoms with Gasteiger partial charge in [-0.05, 0) is 47.5 Å². The summed E-state index contributed by atoms with van der Waals surface area (Å²) in [6.45, 7) is 2.44. The molecule has 0 spiro atoms. The fourth-order valence-corrected chi connectivity index (χ4v) is 3.76. The second-order valence-corrected chi connectivity index (χ2v) is 7.03. The molecule has 1 saturated heterocycles. The zero-order chi connectivity index (χ0) is 14.9. The Hall–Kier alpha value is -0.960. The first-order valence-electron chi connectivity index (χ1n) is 6.04. The molecule has 1 heterocycles. The SMILES string of the molecule is CC1OCCC1C(=O)Nc1ccc(S(N)(=O)=O)c(Br)c1. The normalized spacial score (nSPS) is 22.8. The molecule has 1 aliphatic heterocycles. The Labute approximate surface area is 125 Å². The predicted octanol–water partition coefficient (Wildman–Crippen LogP) is 1.46. The van der Waals surface area contributed by atoms with Gasteiger partial charge in [0.1, 0.15) is 0 Å². The van der Waals surface area contributed by atoms with Crippen LogP contribution < -0.4 is 10.5 Å². The van der Waals surface area contributed by atoms with Gasteiger partial charge >= 0.3 is 0 Å². The zero-order valence-electron chi connectivity index (χ0n) is 10.8. The van der Waals surface area contributed by atoms with Crippen LogP contribution >= 0.6 is 15.9 Å². The van der Waals surface area contributed by atoms with Crippen LogP contribution in [0.4, 0.5) is 5.69 Å². The van der Waals surface area contributed by atoms with Crippen molar-refractivity contribution in [1.82, 2.24) is 0 Å². The van der Waals surface area contributed by atoms with Crippen molar-refractivity contribution in [3.8, 4) is 0 Å². The van der Waals surface area contributed by atoms with Crippen molar-refractivity contribution >= 4 is 37.5 Å². The minimum Gasteiger partial charge on any atom is -0.378 e. The third-order valence-corrected chi connectivity index (χ3v) is 5.11. The van der Waals surface area contributed by atoms with Gasteiger partial charge in [0, 0.05) is 16.8 Å². The van der Waals surface area contributed by atoms with Crippen LogP contribution in [0, 0.1) is 5.92 Å². The zero-order valence-corrected chi connectivity index (χ0v) is 13.2. The molecular weight excluding hydrogens is 348 g/mol. The number of anilines is 1. The number of sulfonamides is 1. The summed E-state index contributed by atoms with van der Waals surface area (Å²) in [4.78, 5) is 12.0. The van der Waals surface area contributed by atoms with E-state index in [1.165, 1.54) is 18.2 Å². The summed E-state index contributed by atoms with van der Waals surface area (Å²) < 4.78 is 28.2. The smallest absolute Gasteiger partial charge is 0.239 e. The lowest BCUT2D eigenvalue weighted by Crippen LogP contribution is -2.27. The van der Waals surface area contributed by atoms with Crippen LogP contribution in [0.15, 0.2) is 27.6 Å². The van der Waals surface area contributed by atoms with E-state index < -0.39 is 10.0 Å². The summed E-state index contributed by atoms with van der Waals surface area (Å²) in [7, 11) is -3.78. The maximum Gasteiger partial charge on any atom is 0.239 e. The number of hydrogen-bond acceptors (Lipinski definition) is 4. The van der Waals surface area contributed by atoms with Crippen molar-refractivity contribution in [2.24, 2.45) is 11.1 Å². The number of nitrogens with two attached hydrogens (primary N) is 1. The van der Waals surface area contributed by atoms with Gasteiger partial charge < -0.3 is 10.1 Å². The van der Waals surface area contributed by atoms with Crippen LogP contribution in [-0.2, 0) is 19.6 Å². The maximum atomic E-state index is 12.1. The average molecular weight is 363 g/mol. The molecule has 0 saturated carbocycles. The van der Waals surface area contributed by atoms with Gasteiger partial charge in [-0.1, -0.05) is 0 Å². The summed E-state index contributed by atoms with van der Waals surface area (Å²) in [5.41, 5.74) is 0.508. The van der Waals surface area contributed by atoms with Crippen molar-refractivity contribution in [2.45, 2.75) is 24.3 Å². The third-order valence-electron chi connectivity index (χ3n) is 3.22. The van der Waals surface area contributed by atoms with Crippen LogP contribution in [0.2, 0.25) is 0 Å². The molecule has 2 atom stereocenters. The van der Waals surface area contributed by atoms with Crippen molar-refractivity contribution < 1.29 is 17.9 Å². The summed E-state index contributed by atoms with van der Waals surface area (Å²) in [5, 5.41) is 7.81. The molecular formula is C12H15BrN2O4S. The highest BCUT2D eigenvalue weighted by Crippen LogP contribution is 2.26. The minimum atomic E-state index is -3.78. The van der Waals surface area contributed by atoms with Gasteiger partial charge in [0.15, 0.2) is 0 Å². The van der Waals surface area contributed by atoms with E-state index in [-0.39, 0.29) is 22.8 Å². The van der Waals surface area contributed by atoms with Gasteiger partial charge in [-0.2, -0.15) is 0 Å². The molecule has 0 radical (unpaired) electrons. The second kappa shape index (κ2) is 5.80. The van der Waals surface area contributed by atoms with Crippen LogP contribution in [0.3, 0.4) is 0 Å². The molecule has 0 aromatic heterocycles. The molecule has 110 valence electrons. The molecule has 6 nitrogen and oxygen atoms in total. The van der Waals surface area contributed by atoms with E-state index in [1.54, 1.807) is 0 Å². The molecule has 20 heavy (non-hydrogen) atoms. The van der Waals surface area contributed by atoms with Crippen LogP contribution in [-0.4, -0.2) is 27.0 Å². The third kappa shape index (κ3) is 3.38. The minimum absolute atomic E-state index is 0.0203. The van der Waals surface area contributed by atoms with E-state index in [9.17, 15) is 13.2 Å². The number of carbonyl (C=O) groups is 1. The molecule has 1 aliphatic rings. The van der Waals surface area contributed by atoms with Crippen LogP contribution in [0.25, 0.3) is 0 Å². The molecule has 0 bridgehead atoms. The fourth-order valence-electron chi connectivity index (χ4n) is 2.12. The predicted molar refractivity (Wildman–Crippen MR) is 77.7 cm³/mol. The number of carbonyl (C=O) groups excluding carboxylic acids is 1. The largest absolute Gasteiger partial charge is 0.378 e. The van der Waals surface area contributed by atoms with Gasteiger partial charge in [-0.3, -0.25) is 4.79 Å². The number of rotatable bonds is 3. The van der Waals surface area contributed by atoms with Crippen molar-refractivity contribution in [2.75, 3.05) is 11.9 Å². The highest BCUT2D eigenvalue weighted by atomic mass is 79.9. The number of benzene rings is 1. The first-order valence-corrected chi connectivity index (χ1v) is 8.38. The average Bonchev–Trinajstić information content (AvgIpc) is 2.73. The Morgan fingerprint density at radius 3 is 2.70 bits per heavy atom. The molecule has 0 aliphatic carbocycles. The van der Waals surface area contributed by atoms with E-state index in [1.807, 2.05) is 6.92 Å². The van der Waals surface area contributed by atoms with Gasteiger partial charge in [0.25, 0.3) is 0 Å². The molecule has 1 aromatic rings. The number of ether oxygens (including phenoxy) is 1. The Bertz CT molecular complexity index is 632. The maximum absolute atomic E-state index is 12.1. The highest BCUT2D eigenvalue weighted by Gasteiger charge is 2.30. The Morgan fingerprint density at radius 1 is 1.50 bits per heavy atom. The Kier molecular flexibility index (Phi) is 4.48. The summed E-state index contributed by atoms with van der Waals surface area (Å²) in [5.74, 6) is -0.322. The Balaban J connectivity index is 2.15. The first kappa shape index (κ1) is 15.4. The highest BCUT2D eigenvalue weighted by molar-refractivity contribution is 9.10. The van der Waals surface area contributed by atoms with Gasteiger partial charge in [0.05, 0.1) is 16.9 Å². The van der Waals surface area contributed by atoms with E-state index in [2.05, 4.69) is 21.2 Å². The summed E-state index contributed by atoms with van der Waals surface area (Å²) in [6, 6.07) is 4.37. The van der Waals surface area contributed by atoms with E-state index in [0.29, 0.717) is 23.2 Å². The number of primary sulfonamides is 1. The number of halogens is 1. The quantitative estimate of drug-likeness (QED) is 0.849. The van der Waals surface area contributed by atoms with Crippen LogP contribution in [0.5, 0.6) is 0 Å². The lowest BCUT2D eigenvalue weighted by Gasteiger charge is -2.14. The van der Waals surface area contributed by atoms with Gasteiger partial charge in [-0.15, -0.1) is 0 Å². The monoisotopic (exact) mass is 362 g/mol. The molecule has 1 fully saturated rings. The van der Waals surface area contributed by atoms with Crippen molar-refractivity contribution in [1.29, 1.82) is 0 Å². The molecule has 1 amide bonds. The topological polar surface area (TPSA) is 98.5 Å². The summed E-state index contributed by atoms with van der Waals surface area (Å²) >= 11 is 3.13. The standard InChI is InChI=1S/C12H15BrN2O4S/c1-7-9(4-5-19-7)12(16)15-8-2-3-11(10(13)6-8)20(14,17)18/h2-3,6-7,9H,4-5H2,1H3,(H,15,16)(H2,14,17,18). The van der Waals surface area contributed by atoms with Gasteiger partial charge in [0.2, 0.25) is 15.9 Å². The molecule has 1 aromatic carbocycles. The van der Waals surface area contributed by atoms with Gasteiger partial charge in [-0.25, -0.2) is 13.6 Å².